The first-order chi connectivity index (χ1) is 15.1. The summed E-state index contributed by atoms with van der Waals surface area (Å²) in [7, 11) is -1.08. The summed E-state index contributed by atoms with van der Waals surface area (Å²) in [4.78, 5) is 0.0921. The standard InChI is InChI=1S/C22H27BrN2O6S/c1-10-5-7-12(8-6-10)32(28,29)25-14-9-13-15(18(25)17(24)20(27)19(14)26)22(31-4)21(30-3)11(2)16(13)23/h5-8,14,17-20,26-27H,9,24H2,1-4H3/t14-,17+,18+,19+,20+/m0/s1. The number of piperidine rings is 1. The fraction of sp³-hybridized carbons (Fsp3) is 0.455. The number of benzene rings is 2. The highest BCUT2D eigenvalue weighted by Gasteiger charge is 2.56. The molecule has 2 aliphatic rings. The van der Waals surface area contributed by atoms with Gasteiger partial charge in [-0.2, -0.15) is 4.31 Å². The fourth-order valence-electron chi connectivity index (χ4n) is 4.90. The first-order valence-corrected chi connectivity index (χ1v) is 12.4. The van der Waals surface area contributed by atoms with Gasteiger partial charge in [-0.1, -0.05) is 33.6 Å². The summed E-state index contributed by atoms with van der Waals surface area (Å²) in [6.07, 6.45) is -2.49. The van der Waals surface area contributed by atoms with Crippen molar-refractivity contribution in [3.63, 3.8) is 0 Å². The van der Waals surface area contributed by atoms with E-state index < -0.39 is 40.4 Å². The molecule has 0 saturated carbocycles. The lowest BCUT2D eigenvalue weighted by Crippen LogP contribution is -2.68. The van der Waals surface area contributed by atoms with Gasteiger partial charge in [-0.3, -0.25) is 0 Å². The zero-order valence-corrected chi connectivity index (χ0v) is 20.6. The summed E-state index contributed by atoms with van der Waals surface area (Å²) >= 11 is 3.62. The van der Waals surface area contributed by atoms with Gasteiger partial charge < -0.3 is 25.4 Å². The van der Waals surface area contributed by atoms with Crippen LogP contribution in [0.3, 0.4) is 0 Å². The van der Waals surface area contributed by atoms with Crippen LogP contribution in [0, 0.1) is 13.8 Å². The highest BCUT2D eigenvalue weighted by molar-refractivity contribution is 9.10. The van der Waals surface area contributed by atoms with Crippen molar-refractivity contribution in [3.05, 3.63) is 51.0 Å². The lowest BCUT2D eigenvalue weighted by molar-refractivity contribution is -0.0891. The van der Waals surface area contributed by atoms with Crippen molar-refractivity contribution in [2.45, 2.75) is 55.5 Å². The van der Waals surface area contributed by atoms with E-state index in [-0.39, 0.29) is 11.3 Å². The maximum absolute atomic E-state index is 13.8. The van der Waals surface area contributed by atoms with E-state index in [0.29, 0.717) is 17.1 Å². The van der Waals surface area contributed by atoms with Crippen molar-refractivity contribution < 1.29 is 28.1 Å². The zero-order chi connectivity index (χ0) is 23.5. The number of aryl methyl sites for hydroxylation is 1. The summed E-state index contributed by atoms with van der Waals surface area (Å²) in [5, 5.41) is 21.6. The summed E-state index contributed by atoms with van der Waals surface area (Å²) in [6.45, 7) is 3.73. The zero-order valence-electron chi connectivity index (χ0n) is 18.2. The molecule has 0 aromatic heterocycles. The minimum absolute atomic E-state index is 0.0921. The molecule has 0 amide bonds. The molecule has 0 spiro atoms. The molecular weight excluding hydrogens is 500 g/mol. The molecule has 1 saturated heterocycles. The van der Waals surface area contributed by atoms with Crippen LogP contribution in [0.2, 0.25) is 0 Å². The van der Waals surface area contributed by atoms with Gasteiger partial charge in [-0.25, -0.2) is 8.42 Å². The Morgan fingerprint density at radius 3 is 2.22 bits per heavy atom. The van der Waals surface area contributed by atoms with Crippen molar-refractivity contribution in [1.82, 2.24) is 4.31 Å². The van der Waals surface area contributed by atoms with Crippen LogP contribution in [0.1, 0.15) is 28.3 Å². The number of halogens is 1. The SMILES string of the molecule is COc1c(C)c(Br)c2c(c1OC)[C@@H]1[C@@H](N)[C@@H](O)[C@H](O)[C@H](C2)N1S(=O)(=O)c1ccc(C)cc1. The van der Waals surface area contributed by atoms with Crippen molar-refractivity contribution >= 4 is 26.0 Å². The summed E-state index contributed by atoms with van der Waals surface area (Å²) in [6, 6.07) is 3.55. The summed E-state index contributed by atoms with van der Waals surface area (Å²) < 4.78 is 40.9. The molecule has 174 valence electrons. The van der Waals surface area contributed by atoms with Crippen LogP contribution in [0.25, 0.3) is 0 Å². The molecule has 8 nitrogen and oxygen atoms in total. The van der Waals surface area contributed by atoms with E-state index in [0.717, 1.165) is 21.2 Å². The lowest BCUT2D eigenvalue weighted by atomic mass is 9.75. The summed E-state index contributed by atoms with van der Waals surface area (Å²) in [5.41, 5.74) is 9.43. The third kappa shape index (κ3) is 3.27. The Morgan fingerprint density at radius 1 is 1.06 bits per heavy atom. The number of hydrogen-bond acceptors (Lipinski definition) is 7. The molecule has 4 N–H and O–H groups in total. The van der Waals surface area contributed by atoms with E-state index in [2.05, 4.69) is 15.9 Å². The fourth-order valence-corrected chi connectivity index (χ4v) is 7.28. The van der Waals surface area contributed by atoms with E-state index in [1.54, 1.807) is 12.1 Å². The molecule has 0 aliphatic carbocycles. The van der Waals surface area contributed by atoms with Gasteiger partial charge in [0, 0.05) is 15.6 Å². The number of nitrogens with two attached hydrogens (primary N) is 1. The molecule has 2 aromatic rings. The monoisotopic (exact) mass is 526 g/mol. The Hall–Kier alpha value is -1.69. The van der Waals surface area contributed by atoms with Crippen LogP contribution >= 0.6 is 15.9 Å². The second-order valence-corrected chi connectivity index (χ2v) is 11.0. The topological polar surface area (TPSA) is 122 Å². The Labute approximate surface area is 196 Å². The third-order valence-corrected chi connectivity index (χ3v) is 9.52. The first kappa shape index (κ1) is 23.5. The van der Waals surface area contributed by atoms with Crippen LogP contribution in [0.4, 0.5) is 0 Å². The van der Waals surface area contributed by atoms with Crippen LogP contribution in [-0.2, 0) is 16.4 Å². The van der Waals surface area contributed by atoms with Gasteiger partial charge >= 0.3 is 0 Å². The van der Waals surface area contributed by atoms with Crippen molar-refractivity contribution in [2.75, 3.05) is 14.2 Å². The normalized spacial score (nSPS) is 27.7. The largest absolute Gasteiger partial charge is 0.493 e. The average molecular weight is 527 g/mol. The van der Waals surface area contributed by atoms with Crippen LogP contribution < -0.4 is 15.2 Å². The number of methoxy groups -OCH3 is 2. The highest BCUT2D eigenvalue weighted by atomic mass is 79.9. The number of nitrogens with zero attached hydrogens (tertiary/aromatic N) is 1. The number of aliphatic hydroxyl groups is 2. The predicted octanol–water partition coefficient (Wildman–Crippen LogP) is 1.80. The maximum atomic E-state index is 13.8. The molecule has 10 heteroatoms. The number of hydrogen-bond donors (Lipinski definition) is 3. The quantitative estimate of drug-likeness (QED) is 0.555. The van der Waals surface area contributed by atoms with E-state index >= 15 is 0 Å². The lowest BCUT2D eigenvalue weighted by Gasteiger charge is -2.52. The van der Waals surface area contributed by atoms with Gasteiger partial charge in [0.15, 0.2) is 11.5 Å². The molecule has 0 unspecified atom stereocenters. The molecular formula is C22H27BrN2O6S. The predicted molar refractivity (Wildman–Crippen MR) is 122 cm³/mol. The second kappa shape index (κ2) is 8.27. The number of fused-ring (bicyclic) bond motifs is 4. The van der Waals surface area contributed by atoms with Gasteiger partial charge in [0.2, 0.25) is 10.0 Å². The van der Waals surface area contributed by atoms with E-state index in [1.165, 1.54) is 30.7 Å². The third-order valence-electron chi connectivity index (χ3n) is 6.53. The van der Waals surface area contributed by atoms with Gasteiger partial charge in [-0.05, 0) is 38.0 Å². The second-order valence-electron chi connectivity index (χ2n) is 8.32. The Bertz CT molecular complexity index is 1150. The molecule has 2 bridgehead atoms. The molecule has 0 radical (unpaired) electrons. The van der Waals surface area contributed by atoms with Crippen molar-refractivity contribution in [1.29, 1.82) is 0 Å². The van der Waals surface area contributed by atoms with Crippen LogP contribution in [0.5, 0.6) is 11.5 Å². The van der Waals surface area contributed by atoms with E-state index in [9.17, 15) is 18.6 Å². The number of sulfonamides is 1. The van der Waals surface area contributed by atoms with E-state index in [1.807, 2.05) is 13.8 Å². The number of rotatable bonds is 4. The Balaban J connectivity index is 2.02. The molecule has 2 aliphatic heterocycles. The number of ether oxygens (including phenoxy) is 2. The van der Waals surface area contributed by atoms with Gasteiger partial charge in [-0.15, -0.1) is 0 Å². The molecule has 1 fully saturated rings. The highest BCUT2D eigenvalue weighted by Crippen LogP contribution is 2.53. The van der Waals surface area contributed by atoms with Gasteiger partial charge in [0.1, 0.15) is 0 Å². The average Bonchev–Trinajstić information content (AvgIpc) is 2.77. The van der Waals surface area contributed by atoms with Crippen molar-refractivity contribution in [2.24, 2.45) is 5.73 Å². The van der Waals surface area contributed by atoms with Gasteiger partial charge in [0.05, 0.1) is 49.4 Å². The molecule has 2 aromatic carbocycles. The van der Waals surface area contributed by atoms with Crippen LogP contribution in [-0.4, -0.2) is 61.4 Å². The van der Waals surface area contributed by atoms with E-state index in [4.69, 9.17) is 15.2 Å². The first-order valence-electron chi connectivity index (χ1n) is 10.2. The molecule has 5 atom stereocenters. The van der Waals surface area contributed by atoms with Crippen LogP contribution in [0.15, 0.2) is 33.6 Å². The maximum Gasteiger partial charge on any atom is 0.244 e. The molecule has 2 heterocycles. The Kier molecular flexibility index (Phi) is 6.06. The number of aliphatic hydroxyl groups excluding tert-OH is 2. The Morgan fingerprint density at radius 2 is 1.66 bits per heavy atom. The minimum Gasteiger partial charge on any atom is -0.493 e. The molecule has 4 rings (SSSR count). The van der Waals surface area contributed by atoms with Crippen molar-refractivity contribution in [3.8, 4) is 11.5 Å². The summed E-state index contributed by atoms with van der Waals surface area (Å²) in [5.74, 6) is 0.826. The smallest absolute Gasteiger partial charge is 0.244 e. The van der Waals surface area contributed by atoms with Gasteiger partial charge in [0.25, 0.3) is 0 Å². The minimum atomic E-state index is -4.07. The molecule has 32 heavy (non-hydrogen) atoms.